The first-order chi connectivity index (χ1) is 13.3. The minimum atomic E-state index is -1.09. The highest BCUT2D eigenvalue weighted by molar-refractivity contribution is 5.38. The molecular weight excluding hydrogens is 334 g/mol. The van der Waals surface area contributed by atoms with Crippen molar-refractivity contribution in [1.29, 1.82) is 0 Å². The number of aliphatic hydroxyl groups is 1. The maximum absolute atomic E-state index is 11.8. The maximum Gasteiger partial charge on any atom is 0.130 e. The molecule has 1 aliphatic rings. The number of rotatable bonds is 6. The summed E-state index contributed by atoms with van der Waals surface area (Å²) in [6.07, 6.45) is 0.835. The fraction of sp³-hybridized carbons (Fsp3) is 0.250. The van der Waals surface area contributed by atoms with Crippen LogP contribution in [0.1, 0.15) is 23.1 Å². The topological polar surface area (TPSA) is 41.5 Å². The Hall–Kier alpha value is -2.46. The van der Waals surface area contributed by atoms with Gasteiger partial charge in [-0.05, 0) is 23.1 Å². The summed E-state index contributed by atoms with van der Waals surface area (Å²) < 4.78 is 6.11. The van der Waals surface area contributed by atoms with Gasteiger partial charge in [0.05, 0.1) is 12.7 Å². The predicted molar refractivity (Wildman–Crippen MR) is 107 cm³/mol. The summed E-state index contributed by atoms with van der Waals surface area (Å²) in [5.74, 6) is 0. The van der Waals surface area contributed by atoms with Crippen LogP contribution in [0.3, 0.4) is 0 Å². The second kappa shape index (κ2) is 8.05. The zero-order chi connectivity index (χ0) is 18.5. The van der Waals surface area contributed by atoms with E-state index < -0.39 is 5.60 Å². The molecule has 3 nitrogen and oxygen atoms in total. The highest BCUT2D eigenvalue weighted by Crippen LogP contribution is 2.37. The Morgan fingerprint density at radius 3 is 1.89 bits per heavy atom. The molecule has 0 unspecified atom stereocenters. The van der Waals surface area contributed by atoms with Crippen LogP contribution in [-0.2, 0) is 16.9 Å². The molecule has 27 heavy (non-hydrogen) atoms. The van der Waals surface area contributed by atoms with Gasteiger partial charge in [0.1, 0.15) is 5.60 Å². The fourth-order valence-electron chi connectivity index (χ4n) is 3.89. The first-order valence-corrected chi connectivity index (χ1v) is 9.49. The van der Waals surface area contributed by atoms with Gasteiger partial charge in [0, 0.05) is 12.6 Å². The van der Waals surface area contributed by atoms with Gasteiger partial charge in [-0.25, -0.2) is 0 Å². The molecule has 3 heteroatoms. The number of benzene rings is 3. The molecule has 0 radical (unpaired) electrons. The number of nitrogens with one attached hydrogen (secondary N) is 1. The molecule has 1 saturated heterocycles. The number of ether oxygens (including phenoxy) is 1. The second-order valence-corrected chi connectivity index (χ2v) is 7.11. The monoisotopic (exact) mass is 359 g/mol. The Balaban J connectivity index is 1.53. The molecule has 0 saturated carbocycles. The van der Waals surface area contributed by atoms with Crippen molar-refractivity contribution < 1.29 is 9.84 Å². The molecule has 2 N–H and O–H groups in total. The van der Waals surface area contributed by atoms with E-state index >= 15 is 0 Å². The van der Waals surface area contributed by atoms with Crippen molar-refractivity contribution in [2.45, 2.75) is 30.8 Å². The van der Waals surface area contributed by atoms with Crippen LogP contribution in [-0.4, -0.2) is 23.8 Å². The molecule has 1 aliphatic heterocycles. The quantitative estimate of drug-likeness (QED) is 0.702. The Bertz CT molecular complexity index is 797. The molecule has 3 aromatic rings. The molecule has 1 heterocycles. The van der Waals surface area contributed by atoms with E-state index in [2.05, 4.69) is 17.4 Å². The third-order valence-corrected chi connectivity index (χ3v) is 5.35. The smallest absolute Gasteiger partial charge is 0.130 e. The first-order valence-electron chi connectivity index (χ1n) is 9.49. The van der Waals surface area contributed by atoms with Gasteiger partial charge < -0.3 is 15.2 Å². The largest absolute Gasteiger partial charge is 0.379 e. The molecule has 0 aliphatic carbocycles. The summed E-state index contributed by atoms with van der Waals surface area (Å²) in [4.78, 5) is 0. The standard InChI is InChI=1S/C24H25NO2/c26-24(20-12-6-2-7-13-20,21-14-8-3-9-15-21)23-16-22(17-25-23)27-18-19-10-4-1-5-11-19/h1-15,22-23,25-26H,16-18H2/t22-,23-/m1/s1. The average Bonchev–Trinajstić information content (AvgIpc) is 3.23. The third kappa shape index (κ3) is 3.81. The minimum absolute atomic E-state index is 0.0779. The van der Waals surface area contributed by atoms with Crippen LogP contribution in [0.5, 0.6) is 0 Å². The summed E-state index contributed by atoms with van der Waals surface area (Å²) in [6, 6.07) is 29.9. The van der Waals surface area contributed by atoms with Crippen molar-refractivity contribution in [1.82, 2.24) is 5.32 Å². The Kier molecular flexibility index (Phi) is 5.35. The van der Waals surface area contributed by atoms with Crippen LogP contribution in [0.25, 0.3) is 0 Å². The Morgan fingerprint density at radius 1 is 0.815 bits per heavy atom. The normalized spacial score (nSPS) is 19.9. The maximum atomic E-state index is 11.8. The molecule has 138 valence electrons. The van der Waals surface area contributed by atoms with Crippen molar-refractivity contribution >= 4 is 0 Å². The predicted octanol–water partition coefficient (Wildman–Crippen LogP) is 3.87. The van der Waals surface area contributed by atoms with Crippen molar-refractivity contribution in [3.8, 4) is 0 Å². The van der Waals surface area contributed by atoms with E-state index in [9.17, 15) is 5.11 Å². The van der Waals surface area contributed by atoms with E-state index in [0.717, 1.165) is 24.1 Å². The first kappa shape index (κ1) is 17.9. The van der Waals surface area contributed by atoms with Crippen LogP contribution < -0.4 is 5.32 Å². The lowest BCUT2D eigenvalue weighted by molar-refractivity contribution is 0.0229. The molecule has 3 aromatic carbocycles. The zero-order valence-electron chi connectivity index (χ0n) is 15.3. The summed E-state index contributed by atoms with van der Waals surface area (Å²) in [6.45, 7) is 1.33. The number of hydrogen-bond donors (Lipinski definition) is 2. The van der Waals surface area contributed by atoms with E-state index in [1.807, 2.05) is 78.9 Å². The lowest BCUT2D eigenvalue weighted by Crippen LogP contribution is -2.46. The van der Waals surface area contributed by atoms with Crippen molar-refractivity contribution in [2.75, 3.05) is 6.54 Å². The lowest BCUT2D eigenvalue weighted by Gasteiger charge is -2.35. The lowest BCUT2D eigenvalue weighted by atomic mass is 9.79. The SMILES string of the molecule is OC(c1ccccc1)(c1ccccc1)[C@H]1C[C@@H](OCc2ccccc2)CN1. The molecule has 0 spiro atoms. The highest BCUT2D eigenvalue weighted by Gasteiger charge is 2.44. The molecule has 4 rings (SSSR count). The van der Waals surface area contributed by atoms with Gasteiger partial charge in [-0.15, -0.1) is 0 Å². The van der Waals surface area contributed by atoms with Crippen molar-refractivity contribution in [2.24, 2.45) is 0 Å². The summed E-state index contributed by atoms with van der Waals surface area (Å²) in [7, 11) is 0. The van der Waals surface area contributed by atoms with Crippen LogP contribution in [0, 0.1) is 0 Å². The van der Waals surface area contributed by atoms with E-state index in [0.29, 0.717) is 6.61 Å². The van der Waals surface area contributed by atoms with Gasteiger partial charge >= 0.3 is 0 Å². The van der Waals surface area contributed by atoms with E-state index in [1.54, 1.807) is 0 Å². The highest BCUT2D eigenvalue weighted by atomic mass is 16.5. The molecule has 0 amide bonds. The molecule has 2 atom stereocenters. The average molecular weight is 359 g/mol. The van der Waals surface area contributed by atoms with Gasteiger partial charge in [0.2, 0.25) is 0 Å². The Labute approximate surface area is 160 Å². The second-order valence-electron chi connectivity index (χ2n) is 7.11. The summed E-state index contributed by atoms with van der Waals surface area (Å²) >= 11 is 0. The van der Waals surface area contributed by atoms with Gasteiger partial charge in [-0.1, -0.05) is 91.0 Å². The zero-order valence-corrected chi connectivity index (χ0v) is 15.3. The van der Waals surface area contributed by atoms with E-state index in [4.69, 9.17) is 4.74 Å². The van der Waals surface area contributed by atoms with Crippen LogP contribution in [0.4, 0.5) is 0 Å². The van der Waals surface area contributed by atoms with Gasteiger partial charge in [0.25, 0.3) is 0 Å². The van der Waals surface area contributed by atoms with Crippen LogP contribution in [0.2, 0.25) is 0 Å². The summed E-state index contributed by atoms with van der Waals surface area (Å²) in [5, 5.41) is 15.3. The fourth-order valence-corrected chi connectivity index (χ4v) is 3.89. The molecule has 0 bridgehead atoms. The molecule has 0 aromatic heterocycles. The Morgan fingerprint density at radius 2 is 1.33 bits per heavy atom. The van der Waals surface area contributed by atoms with Crippen molar-refractivity contribution in [3.63, 3.8) is 0 Å². The van der Waals surface area contributed by atoms with Crippen molar-refractivity contribution in [3.05, 3.63) is 108 Å². The molecular formula is C24H25NO2. The van der Waals surface area contributed by atoms with Gasteiger partial charge in [0.15, 0.2) is 0 Å². The van der Waals surface area contributed by atoms with Gasteiger partial charge in [-0.3, -0.25) is 0 Å². The van der Waals surface area contributed by atoms with Crippen LogP contribution in [0.15, 0.2) is 91.0 Å². The minimum Gasteiger partial charge on any atom is -0.379 e. The third-order valence-electron chi connectivity index (χ3n) is 5.35. The van der Waals surface area contributed by atoms with E-state index in [1.165, 1.54) is 5.56 Å². The summed E-state index contributed by atoms with van der Waals surface area (Å²) in [5.41, 5.74) is 1.88. The number of hydrogen-bond acceptors (Lipinski definition) is 3. The van der Waals surface area contributed by atoms with Crippen LogP contribution >= 0.6 is 0 Å². The van der Waals surface area contributed by atoms with E-state index in [-0.39, 0.29) is 12.1 Å². The molecule has 1 fully saturated rings. The van der Waals surface area contributed by atoms with Gasteiger partial charge in [-0.2, -0.15) is 0 Å².